The Bertz CT molecular complexity index is 296. The van der Waals surface area contributed by atoms with Crippen molar-refractivity contribution in [2.75, 3.05) is 5.33 Å². The largest absolute Gasteiger partial charge is 0.250 e. The molecule has 1 aromatic rings. The highest BCUT2D eigenvalue weighted by atomic mass is 79.9. The van der Waals surface area contributed by atoms with Gasteiger partial charge in [0.15, 0.2) is 0 Å². The Labute approximate surface area is 107 Å². The van der Waals surface area contributed by atoms with Crippen LogP contribution in [0.15, 0.2) is 6.33 Å². The van der Waals surface area contributed by atoms with Gasteiger partial charge in [-0.1, -0.05) is 36.7 Å². The number of rotatable bonds is 7. The predicted molar refractivity (Wildman–Crippen MR) is 70.8 cm³/mol. The smallest absolute Gasteiger partial charge is 0.138 e. The summed E-state index contributed by atoms with van der Waals surface area (Å²) in [7, 11) is 0. The fourth-order valence-electron chi connectivity index (χ4n) is 1.97. The molecule has 1 unspecified atom stereocenters. The Morgan fingerprint density at radius 3 is 2.75 bits per heavy atom. The van der Waals surface area contributed by atoms with Crippen molar-refractivity contribution in [1.29, 1.82) is 0 Å². The first kappa shape index (κ1) is 13.7. The topological polar surface area (TPSA) is 30.7 Å². The maximum atomic E-state index is 4.36. The summed E-state index contributed by atoms with van der Waals surface area (Å²) < 4.78 is 2.04. The van der Waals surface area contributed by atoms with Crippen LogP contribution >= 0.6 is 15.9 Å². The van der Waals surface area contributed by atoms with Crippen LogP contribution in [0.5, 0.6) is 0 Å². The third-order valence-corrected chi connectivity index (χ3v) is 3.54. The van der Waals surface area contributed by atoms with Gasteiger partial charge >= 0.3 is 0 Å². The van der Waals surface area contributed by atoms with Gasteiger partial charge in [-0.05, 0) is 24.7 Å². The molecule has 1 aromatic heterocycles. The molecular weight excluding hydrogens is 266 g/mol. The first-order valence-electron chi connectivity index (χ1n) is 6.10. The third-order valence-electron chi connectivity index (χ3n) is 2.63. The molecule has 0 saturated heterocycles. The highest BCUT2D eigenvalue weighted by molar-refractivity contribution is 9.09. The molecule has 0 radical (unpaired) electrons. The van der Waals surface area contributed by atoms with Crippen LogP contribution in [0.1, 0.15) is 39.4 Å². The van der Waals surface area contributed by atoms with E-state index in [1.165, 1.54) is 6.42 Å². The number of hydrogen-bond donors (Lipinski definition) is 0. The lowest BCUT2D eigenvalue weighted by Crippen LogP contribution is -2.14. The molecule has 0 aromatic carbocycles. The summed E-state index contributed by atoms with van der Waals surface area (Å²) in [6.45, 7) is 7.69. The Kier molecular flexibility index (Phi) is 6.03. The van der Waals surface area contributed by atoms with Crippen molar-refractivity contribution in [2.45, 2.75) is 46.6 Å². The van der Waals surface area contributed by atoms with Crippen LogP contribution in [0.2, 0.25) is 0 Å². The molecule has 0 aliphatic heterocycles. The van der Waals surface area contributed by atoms with Gasteiger partial charge in [0.1, 0.15) is 12.2 Å². The van der Waals surface area contributed by atoms with Gasteiger partial charge in [0.25, 0.3) is 0 Å². The van der Waals surface area contributed by atoms with Gasteiger partial charge < -0.3 is 0 Å². The number of aryl methyl sites for hydroxylation is 1. The van der Waals surface area contributed by atoms with E-state index in [-0.39, 0.29) is 0 Å². The summed E-state index contributed by atoms with van der Waals surface area (Å²) in [6, 6.07) is 0. The van der Waals surface area contributed by atoms with Crippen LogP contribution in [0.3, 0.4) is 0 Å². The quantitative estimate of drug-likeness (QED) is 0.721. The van der Waals surface area contributed by atoms with Crippen molar-refractivity contribution in [3.63, 3.8) is 0 Å². The molecular formula is C12H22BrN3. The van der Waals surface area contributed by atoms with Crippen molar-refractivity contribution in [1.82, 2.24) is 14.8 Å². The molecule has 16 heavy (non-hydrogen) atoms. The van der Waals surface area contributed by atoms with E-state index in [4.69, 9.17) is 0 Å². The van der Waals surface area contributed by atoms with E-state index in [0.717, 1.165) is 36.5 Å². The molecule has 0 amide bonds. The lowest BCUT2D eigenvalue weighted by Gasteiger charge is -2.16. The van der Waals surface area contributed by atoms with Gasteiger partial charge in [-0.3, -0.25) is 4.68 Å². The SMILES string of the molecule is CCCn1ncnc1CC(CBr)CC(C)C. The van der Waals surface area contributed by atoms with Crippen molar-refractivity contribution < 1.29 is 0 Å². The molecule has 3 nitrogen and oxygen atoms in total. The van der Waals surface area contributed by atoms with Gasteiger partial charge in [-0.15, -0.1) is 0 Å². The Morgan fingerprint density at radius 2 is 2.19 bits per heavy atom. The molecule has 92 valence electrons. The Hall–Kier alpha value is -0.380. The van der Waals surface area contributed by atoms with Crippen LogP contribution < -0.4 is 0 Å². The normalized spacial score (nSPS) is 13.3. The lowest BCUT2D eigenvalue weighted by molar-refractivity contribution is 0.425. The highest BCUT2D eigenvalue weighted by Crippen LogP contribution is 2.18. The number of aromatic nitrogens is 3. The molecule has 0 N–H and O–H groups in total. The summed E-state index contributed by atoms with van der Waals surface area (Å²) >= 11 is 3.60. The van der Waals surface area contributed by atoms with Crippen LogP contribution in [0.4, 0.5) is 0 Å². The van der Waals surface area contributed by atoms with E-state index in [0.29, 0.717) is 5.92 Å². The minimum Gasteiger partial charge on any atom is -0.250 e. The van der Waals surface area contributed by atoms with Gasteiger partial charge in [0.2, 0.25) is 0 Å². The molecule has 0 spiro atoms. The maximum absolute atomic E-state index is 4.36. The maximum Gasteiger partial charge on any atom is 0.138 e. The van der Waals surface area contributed by atoms with Gasteiger partial charge in [0, 0.05) is 18.3 Å². The minimum absolute atomic E-state index is 0.666. The van der Waals surface area contributed by atoms with E-state index in [1.54, 1.807) is 6.33 Å². The summed E-state index contributed by atoms with van der Waals surface area (Å²) in [6.07, 6.45) is 5.05. The van der Waals surface area contributed by atoms with E-state index in [1.807, 2.05) is 4.68 Å². The fraction of sp³-hybridized carbons (Fsp3) is 0.833. The second-order valence-corrected chi connectivity index (χ2v) is 5.40. The van der Waals surface area contributed by atoms with Crippen LogP contribution in [0.25, 0.3) is 0 Å². The van der Waals surface area contributed by atoms with Crippen molar-refractivity contribution in [2.24, 2.45) is 11.8 Å². The molecule has 0 saturated carbocycles. The zero-order valence-corrected chi connectivity index (χ0v) is 12.1. The number of halogens is 1. The molecule has 1 atom stereocenters. The molecule has 0 bridgehead atoms. The average molecular weight is 288 g/mol. The highest BCUT2D eigenvalue weighted by Gasteiger charge is 2.14. The van der Waals surface area contributed by atoms with E-state index in [9.17, 15) is 0 Å². The molecule has 0 aliphatic carbocycles. The Morgan fingerprint density at radius 1 is 1.44 bits per heavy atom. The molecule has 0 fully saturated rings. The summed E-state index contributed by atoms with van der Waals surface area (Å²) in [5, 5.41) is 5.31. The first-order valence-corrected chi connectivity index (χ1v) is 7.22. The summed E-state index contributed by atoms with van der Waals surface area (Å²) in [4.78, 5) is 4.36. The van der Waals surface area contributed by atoms with Crippen LogP contribution in [-0.4, -0.2) is 20.1 Å². The molecule has 1 rings (SSSR count). The summed E-state index contributed by atoms with van der Waals surface area (Å²) in [5.41, 5.74) is 0. The lowest BCUT2D eigenvalue weighted by atomic mass is 9.96. The van der Waals surface area contributed by atoms with Crippen molar-refractivity contribution in [3.05, 3.63) is 12.2 Å². The number of alkyl halides is 1. The zero-order valence-electron chi connectivity index (χ0n) is 10.5. The number of nitrogens with zero attached hydrogens (tertiary/aromatic N) is 3. The van der Waals surface area contributed by atoms with Gasteiger partial charge in [-0.2, -0.15) is 5.10 Å². The van der Waals surface area contributed by atoms with E-state index >= 15 is 0 Å². The summed E-state index contributed by atoms with van der Waals surface area (Å²) in [5.74, 6) is 2.54. The van der Waals surface area contributed by atoms with Crippen LogP contribution in [0, 0.1) is 11.8 Å². The second-order valence-electron chi connectivity index (χ2n) is 4.75. The molecule has 1 heterocycles. The van der Waals surface area contributed by atoms with Gasteiger partial charge in [-0.25, -0.2) is 4.98 Å². The Balaban J connectivity index is 2.58. The third kappa shape index (κ3) is 4.24. The predicted octanol–water partition coefficient (Wildman–Crippen LogP) is 3.29. The molecule has 4 heteroatoms. The van der Waals surface area contributed by atoms with E-state index < -0.39 is 0 Å². The van der Waals surface area contributed by atoms with Crippen LogP contribution in [-0.2, 0) is 13.0 Å². The monoisotopic (exact) mass is 287 g/mol. The first-order chi connectivity index (χ1) is 7.67. The standard InChI is InChI=1S/C12H22BrN3/c1-4-5-16-12(14-9-15-16)7-11(8-13)6-10(2)3/h9-11H,4-8H2,1-3H3. The molecule has 0 aliphatic rings. The average Bonchev–Trinajstić information content (AvgIpc) is 2.65. The van der Waals surface area contributed by atoms with Crippen molar-refractivity contribution >= 4 is 15.9 Å². The number of hydrogen-bond acceptors (Lipinski definition) is 2. The van der Waals surface area contributed by atoms with Crippen molar-refractivity contribution in [3.8, 4) is 0 Å². The minimum atomic E-state index is 0.666. The van der Waals surface area contributed by atoms with Gasteiger partial charge in [0.05, 0.1) is 0 Å². The second kappa shape index (κ2) is 7.05. The van der Waals surface area contributed by atoms with E-state index in [2.05, 4.69) is 46.8 Å². The fourth-order valence-corrected chi connectivity index (χ4v) is 2.46. The zero-order chi connectivity index (χ0) is 12.0.